The van der Waals surface area contributed by atoms with E-state index in [0.717, 1.165) is 12.1 Å². The summed E-state index contributed by atoms with van der Waals surface area (Å²) in [5.74, 6) is 0. The van der Waals surface area contributed by atoms with Gasteiger partial charge in [-0.3, -0.25) is 0 Å². The zero-order chi connectivity index (χ0) is 16.3. The van der Waals surface area contributed by atoms with Gasteiger partial charge in [-0.1, -0.05) is 18.5 Å². The van der Waals surface area contributed by atoms with Gasteiger partial charge in [-0.25, -0.2) is 13.1 Å². The van der Waals surface area contributed by atoms with Crippen LogP contribution >= 0.6 is 24.0 Å². The van der Waals surface area contributed by atoms with E-state index in [0.29, 0.717) is 12.6 Å². The molecule has 128 valence electrons. The van der Waals surface area contributed by atoms with Gasteiger partial charge in [-0.2, -0.15) is 13.2 Å². The van der Waals surface area contributed by atoms with Crippen LogP contribution in [0.5, 0.6) is 0 Å². The lowest BCUT2D eigenvalue weighted by Crippen LogP contribution is -2.38. The second kappa shape index (κ2) is 8.35. The van der Waals surface area contributed by atoms with Crippen LogP contribution in [0.25, 0.3) is 0 Å². The number of halogens is 5. The third kappa shape index (κ3) is 5.92. The molecule has 1 aromatic carbocycles. The molecular formula is C12H17Cl2F3N2O2S. The van der Waals surface area contributed by atoms with E-state index in [1.807, 2.05) is 6.92 Å². The van der Waals surface area contributed by atoms with E-state index in [4.69, 9.17) is 11.6 Å². The average Bonchev–Trinajstić information content (AvgIpc) is 2.36. The summed E-state index contributed by atoms with van der Waals surface area (Å²) < 4.78 is 64.2. The lowest BCUT2D eigenvalue weighted by atomic mass is 10.2. The standard InChI is InChI=1S/C12H16ClF3N2O2S.ClH/c1-3-17-8(2)7-18-21(19,20)11-6-9(12(14,15)16)4-5-10(11)13;/h4-6,8,17-18H,3,7H2,1-2H3;1H/t8-;/m1./s1. The van der Waals surface area contributed by atoms with E-state index < -0.39 is 26.7 Å². The van der Waals surface area contributed by atoms with Crippen molar-refractivity contribution in [3.8, 4) is 0 Å². The maximum Gasteiger partial charge on any atom is 0.416 e. The van der Waals surface area contributed by atoms with Crippen molar-refractivity contribution in [2.45, 2.75) is 31.0 Å². The zero-order valence-corrected chi connectivity index (χ0v) is 14.3. The summed E-state index contributed by atoms with van der Waals surface area (Å²) in [4.78, 5) is -0.581. The Morgan fingerprint density at radius 1 is 1.32 bits per heavy atom. The Balaban J connectivity index is 0.00000441. The molecular weight excluding hydrogens is 364 g/mol. The molecule has 0 aliphatic heterocycles. The highest BCUT2D eigenvalue weighted by Crippen LogP contribution is 2.33. The van der Waals surface area contributed by atoms with E-state index >= 15 is 0 Å². The highest BCUT2D eigenvalue weighted by molar-refractivity contribution is 7.89. The zero-order valence-electron chi connectivity index (χ0n) is 11.9. The van der Waals surface area contributed by atoms with Gasteiger partial charge in [0.2, 0.25) is 10.0 Å². The SMILES string of the molecule is CCN[C@H](C)CNS(=O)(=O)c1cc(C(F)(F)F)ccc1Cl.Cl. The van der Waals surface area contributed by atoms with Crippen molar-refractivity contribution in [3.05, 3.63) is 28.8 Å². The second-order valence-corrected chi connectivity index (χ2v) is 6.60. The molecule has 0 saturated heterocycles. The number of hydrogen-bond donors (Lipinski definition) is 2. The Labute approximate surface area is 138 Å². The smallest absolute Gasteiger partial charge is 0.313 e. The third-order valence-electron chi connectivity index (χ3n) is 2.68. The van der Waals surface area contributed by atoms with Crippen molar-refractivity contribution in [1.82, 2.24) is 10.0 Å². The van der Waals surface area contributed by atoms with Crippen molar-refractivity contribution in [2.24, 2.45) is 0 Å². The summed E-state index contributed by atoms with van der Waals surface area (Å²) in [6, 6.07) is 2.03. The number of alkyl halides is 3. The molecule has 1 rings (SSSR count). The molecule has 0 aromatic heterocycles. The molecule has 0 amide bonds. The van der Waals surface area contributed by atoms with Crippen LogP contribution in [0.4, 0.5) is 13.2 Å². The molecule has 0 saturated carbocycles. The minimum Gasteiger partial charge on any atom is -0.313 e. The van der Waals surface area contributed by atoms with Crippen LogP contribution in [-0.2, 0) is 16.2 Å². The molecule has 10 heteroatoms. The maximum atomic E-state index is 12.6. The van der Waals surface area contributed by atoms with Gasteiger partial charge < -0.3 is 5.32 Å². The first-order valence-corrected chi connectivity index (χ1v) is 8.04. The predicted octanol–water partition coefficient (Wildman–Crippen LogP) is 3.06. The van der Waals surface area contributed by atoms with E-state index in [9.17, 15) is 21.6 Å². The topological polar surface area (TPSA) is 58.2 Å². The number of likely N-dealkylation sites (N-methyl/N-ethyl adjacent to an activating group) is 1. The molecule has 0 fully saturated rings. The average molecular weight is 381 g/mol. The van der Waals surface area contributed by atoms with Gasteiger partial charge in [0.15, 0.2) is 0 Å². The molecule has 0 spiro atoms. The Hall–Kier alpha value is -0.540. The predicted molar refractivity (Wildman–Crippen MR) is 82.0 cm³/mol. The Morgan fingerprint density at radius 2 is 1.91 bits per heavy atom. The summed E-state index contributed by atoms with van der Waals surface area (Å²) >= 11 is 5.71. The molecule has 4 nitrogen and oxygen atoms in total. The molecule has 0 aliphatic carbocycles. The number of benzene rings is 1. The molecule has 0 aliphatic rings. The summed E-state index contributed by atoms with van der Waals surface area (Å²) in [5.41, 5.74) is -1.06. The van der Waals surface area contributed by atoms with Crippen LogP contribution in [0, 0.1) is 0 Å². The Bertz CT molecular complexity index is 595. The van der Waals surface area contributed by atoms with Crippen LogP contribution in [0.3, 0.4) is 0 Å². The third-order valence-corrected chi connectivity index (χ3v) is 4.59. The van der Waals surface area contributed by atoms with Gasteiger partial charge in [0.1, 0.15) is 4.90 Å². The fourth-order valence-electron chi connectivity index (χ4n) is 1.62. The van der Waals surface area contributed by atoms with Gasteiger partial charge in [0.25, 0.3) is 0 Å². The van der Waals surface area contributed by atoms with Gasteiger partial charge >= 0.3 is 6.18 Å². The first kappa shape index (κ1) is 21.5. The van der Waals surface area contributed by atoms with Crippen molar-refractivity contribution in [1.29, 1.82) is 0 Å². The van der Waals surface area contributed by atoms with Gasteiger partial charge in [0, 0.05) is 12.6 Å². The fraction of sp³-hybridized carbons (Fsp3) is 0.500. The van der Waals surface area contributed by atoms with E-state index in [1.165, 1.54) is 0 Å². The van der Waals surface area contributed by atoms with E-state index in [1.54, 1.807) is 6.92 Å². The normalized spacial score (nSPS) is 13.5. The van der Waals surface area contributed by atoms with Gasteiger partial charge in [0.05, 0.1) is 10.6 Å². The number of sulfonamides is 1. The minimum atomic E-state index is -4.63. The van der Waals surface area contributed by atoms with E-state index in [-0.39, 0.29) is 30.0 Å². The molecule has 2 N–H and O–H groups in total. The summed E-state index contributed by atoms with van der Waals surface area (Å²) in [6.45, 7) is 4.30. The molecule has 1 atom stereocenters. The van der Waals surface area contributed by atoms with Gasteiger partial charge in [-0.05, 0) is 31.7 Å². The first-order chi connectivity index (χ1) is 9.58. The van der Waals surface area contributed by atoms with E-state index in [2.05, 4.69) is 10.0 Å². The maximum absolute atomic E-state index is 12.6. The van der Waals surface area contributed by atoms with Crippen molar-refractivity contribution < 1.29 is 21.6 Å². The summed E-state index contributed by atoms with van der Waals surface area (Å²) in [6.07, 6.45) is -4.63. The first-order valence-electron chi connectivity index (χ1n) is 6.17. The van der Waals surface area contributed by atoms with Crippen LogP contribution in [0.1, 0.15) is 19.4 Å². The largest absolute Gasteiger partial charge is 0.416 e. The van der Waals surface area contributed by atoms with Crippen LogP contribution in [-0.4, -0.2) is 27.5 Å². The van der Waals surface area contributed by atoms with Crippen LogP contribution in [0.2, 0.25) is 5.02 Å². The van der Waals surface area contributed by atoms with Crippen molar-refractivity contribution in [2.75, 3.05) is 13.1 Å². The molecule has 0 heterocycles. The lowest BCUT2D eigenvalue weighted by molar-refractivity contribution is -0.137. The molecule has 0 radical (unpaired) electrons. The quantitative estimate of drug-likeness (QED) is 0.797. The summed E-state index contributed by atoms with van der Waals surface area (Å²) in [7, 11) is -4.11. The molecule has 0 unspecified atom stereocenters. The van der Waals surface area contributed by atoms with Crippen molar-refractivity contribution in [3.63, 3.8) is 0 Å². The number of nitrogens with one attached hydrogen (secondary N) is 2. The highest BCUT2D eigenvalue weighted by atomic mass is 35.5. The van der Waals surface area contributed by atoms with Crippen LogP contribution in [0.15, 0.2) is 23.1 Å². The minimum absolute atomic E-state index is 0. The molecule has 0 bridgehead atoms. The Morgan fingerprint density at radius 3 is 2.41 bits per heavy atom. The van der Waals surface area contributed by atoms with Gasteiger partial charge in [-0.15, -0.1) is 12.4 Å². The lowest BCUT2D eigenvalue weighted by Gasteiger charge is -2.15. The second-order valence-electron chi connectivity index (χ2n) is 4.45. The number of rotatable bonds is 6. The summed E-state index contributed by atoms with van der Waals surface area (Å²) in [5, 5.41) is 2.72. The highest BCUT2D eigenvalue weighted by Gasteiger charge is 2.32. The fourth-order valence-corrected chi connectivity index (χ4v) is 3.27. The Kier molecular flexibility index (Phi) is 8.15. The monoisotopic (exact) mass is 380 g/mol. The molecule has 22 heavy (non-hydrogen) atoms. The van der Waals surface area contributed by atoms with Crippen molar-refractivity contribution >= 4 is 34.0 Å². The number of hydrogen-bond acceptors (Lipinski definition) is 3. The molecule has 1 aromatic rings. The van der Waals surface area contributed by atoms with Crippen LogP contribution < -0.4 is 10.0 Å².